The molecule has 0 aliphatic carbocycles. The summed E-state index contributed by atoms with van der Waals surface area (Å²) in [6.45, 7) is 0. The lowest BCUT2D eigenvalue weighted by Crippen LogP contribution is -2.33. The molecule has 0 saturated heterocycles. The van der Waals surface area contributed by atoms with Gasteiger partial charge in [0.25, 0.3) is 0 Å². The molecule has 0 atom stereocenters. The molecule has 24 heavy (non-hydrogen) atoms. The molecule has 0 heterocycles. The van der Waals surface area contributed by atoms with Crippen LogP contribution in [0.1, 0.15) is 11.1 Å². The van der Waals surface area contributed by atoms with E-state index < -0.39 is 18.8 Å². The molecule has 0 fully saturated rings. The standard InChI is InChI=1S/C15H14BF2N3O2S/c17-13-6-11(12(16(22)23)7-14(13)18)8-20-21-15(19)24-9-10-4-2-1-3-5-10/h1-8,22-23H,9H2,(H2,19,21). The minimum Gasteiger partial charge on any atom is -0.423 e. The van der Waals surface area contributed by atoms with Gasteiger partial charge in [-0.2, -0.15) is 5.10 Å². The van der Waals surface area contributed by atoms with Crippen molar-refractivity contribution in [1.82, 2.24) is 0 Å². The summed E-state index contributed by atoms with van der Waals surface area (Å²) in [5, 5.41) is 25.9. The number of hydrogen-bond acceptors (Lipinski definition) is 5. The molecule has 0 unspecified atom stereocenters. The molecule has 0 aliphatic rings. The highest BCUT2D eigenvalue weighted by Crippen LogP contribution is 2.11. The van der Waals surface area contributed by atoms with Crippen LogP contribution in [0.4, 0.5) is 8.78 Å². The first-order chi connectivity index (χ1) is 11.5. The van der Waals surface area contributed by atoms with Crippen LogP contribution in [0.2, 0.25) is 0 Å². The van der Waals surface area contributed by atoms with E-state index in [2.05, 4.69) is 10.2 Å². The molecule has 2 rings (SSSR count). The van der Waals surface area contributed by atoms with E-state index in [0.717, 1.165) is 17.8 Å². The lowest BCUT2D eigenvalue weighted by molar-refractivity contribution is 0.425. The van der Waals surface area contributed by atoms with E-state index in [9.17, 15) is 18.8 Å². The summed E-state index contributed by atoms with van der Waals surface area (Å²) < 4.78 is 26.4. The van der Waals surface area contributed by atoms with Crippen LogP contribution in [0.3, 0.4) is 0 Å². The minimum atomic E-state index is -1.96. The molecule has 9 heteroatoms. The molecule has 0 aliphatic heterocycles. The number of hydrogen-bond donors (Lipinski definition) is 3. The normalized spacial score (nSPS) is 11.9. The Morgan fingerprint density at radius 1 is 1.17 bits per heavy atom. The van der Waals surface area contributed by atoms with Crippen molar-refractivity contribution in [3.63, 3.8) is 0 Å². The van der Waals surface area contributed by atoms with Gasteiger partial charge in [0.2, 0.25) is 0 Å². The number of benzene rings is 2. The number of thioether (sulfide) groups is 1. The topological polar surface area (TPSA) is 91.2 Å². The van der Waals surface area contributed by atoms with E-state index in [1.165, 1.54) is 11.8 Å². The van der Waals surface area contributed by atoms with Crippen molar-refractivity contribution in [2.75, 3.05) is 0 Å². The molecule has 0 saturated carbocycles. The lowest BCUT2D eigenvalue weighted by atomic mass is 9.77. The van der Waals surface area contributed by atoms with Gasteiger partial charge in [-0.25, -0.2) is 8.78 Å². The Morgan fingerprint density at radius 2 is 1.83 bits per heavy atom. The number of nitrogens with two attached hydrogens (primary N) is 1. The van der Waals surface area contributed by atoms with Crippen molar-refractivity contribution < 1.29 is 18.8 Å². The van der Waals surface area contributed by atoms with E-state index in [1.807, 2.05) is 30.3 Å². The Balaban J connectivity index is 2.06. The third kappa shape index (κ3) is 5.15. The van der Waals surface area contributed by atoms with Gasteiger partial charge < -0.3 is 15.8 Å². The van der Waals surface area contributed by atoms with Gasteiger partial charge in [0, 0.05) is 5.75 Å². The first kappa shape index (κ1) is 18.1. The van der Waals surface area contributed by atoms with E-state index in [0.29, 0.717) is 11.8 Å². The molecule has 4 N–H and O–H groups in total. The van der Waals surface area contributed by atoms with Crippen molar-refractivity contribution in [2.24, 2.45) is 15.9 Å². The van der Waals surface area contributed by atoms with E-state index in [4.69, 9.17) is 5.73 Å². The average Bonchev–Trinajstić information content (AvgIpc) is 2.56. The van der Waals surface area contributed by atoms with Gasteiger partial charge in [-0.15, -0.1) is 5.10 Å². The Bertz CT molecular complexity index is 758. The quantitative estimate of drug-likeness (QED) is 0.328. The fourth-order valence-electron chi connectivity index (χ4n) is 1.82. The molecule has 0 bridgehead atoms. The Kier molecular flexibility index (Phi) is 6.48. The SMILES string of the molecule is NC(=NN=Cc1cc(F)c(F)cc1B(O)O)SCc1ccccc1. The van der Waals surface area contributed by atoms with Crippen LogP contribution in [0.15, 0.2) is 52.7 Å². The predicted octanol–water partition coefficient (Wildman–Crippen LogP) is 1.23. The molecule has 124 valence electrons. The fourth-order valence-corrected chi connectivity index (χ4v) is 2.43. The van der Waals surface area contributed by atoms with Gasteiger partial charge in [-0.05, 0) is 28.7 Å². The third-order valence-corrected chi connectivity index (χ3v) is 3.84. The van der Waals surface area contributed by atoms with Crippen molar-refractivity contribution in [2.45, 2.75) is 5.75 Å². The van der Waals surface area contributed by atoms with Crippen molar-refractivity contribution in [3.05, 3.63) is 65.2 Å². The zero-order valence-corrected chi connectivity index (χ0v) is 13.3. The minimum absolute atomic E-state index is 0.00601. The van der Waals surface area contributed by atoms with Crippen molar-refractivity contribution in [3.8, 4) is 0 Å². The van der Waals surface area contributed by atoms with Gasteiger partial charge in [-0.3, -0.25) is 0 Å². The van der Waals surface area contributed by atoms with Gasteiger partial charge in [-0.1, -0.05) is 42.1 Å². The lowest BCUT2D eigenvalue weighted by Gasteiger charge is -2.05. The Labute approximate surface area is 142 Å². The maximum absolute atomic E-state index is 13.3. The predicted molar refractivity (Wildman–Crippen MR) is 93.1 cm³/mol. The number of rotatable bonds is 5. The maximum atomic E-state index is 13.3. The first-order valence-corrected chi connectivity index (χ1v) is 7.84. The van der Waals surface area contributed by atoms with Crippen LogP contribution in [-0.4, -0.2) is 28.5 Å². The average molecular weight is 349 g/mol. The van der Waals surface area contributed by atoms with E-state index >= 15 is 0 Å². The Hall–Kier alpha value is -2.23. The zero-order valence-electron chi connectivity index (χ0n) is 12.4. The van der Waals surface area contributed by atoms with Gasteiger partial charge in [0.1, 0.15) is 0 Å². The van der Waals surface area contributed by atoms with Crippen molar-refractivity contribution >= 4 is 35.7 Å². The van der Waals surface area contributed by atoms with Crippen LogP contribution < -0.4 is 11.2 Å². The van der Waals surface area contributed by atoms with Crippen LogP contribution in [0.5, 0.6) is 0 Å². The highest BCUT2D eigenvalue weighted by Gasteiger charge is 2.18. The highest BCUT2D eigenvalue weighted by molar-refractivity contribution is 8.13. The fraction of sp³-hybridized carbons (Fsp3) is 0.0667. The highest BCUT2D eigenvalue weighted by atomic mass is 32.2. The first-order valence-electron chi connectivity index (χ1n) is 6.85. The largest absolute Gasteiger partial charge is 0.489 e. The summed E-state index contributed by atoms with van der Waals surface area (Å²) in [6.07, 6.45) is 1.08. The molecule has 2 aromatic carbocycles. The molecule has 0 aromatic heterocycles. The molecule has 5 nitrogen and oxygen atoms in total. The van der Waals surface area contributed by atoms with Gasteiger partial charge in [0.15, 0.2) is 16.8 Å². The van der Waals surface area contributed by atoms with Crippen molar-refractivity contribution in [1.29, 1.82) is 0 Å². The maximum Gasteiger partial charge on any atom is 0.489 e. The summed E-state index contributed by atoms with van der Waals surface area (Å²) in [6, 6.07) is 11.1. The summed E-state index contributed by atoms with van der Waals surface area (Å²) in [7, 11) is -1.96. The zero-order chi connectivity index (χ0) is 17.5. The third-order valence-electron chi connectivity index (χ3n) is 2.99. The second-order valence-corrected chi connectivity index (χ2v) is 5.72. The van der Waals surface area contributed by atoms with Crippen LogP contribution >= 0.6 is 11.8 Å². The van der Waals surface area contributed by atoms with E-state index in [-0.39, 0.29) is 16.2 Å². The number of halogens is 2. The number of amidine groups is 1. The Morgan fingerprint density at radius 3 is 2.50 bits per heavy atom. The molecular weight excluding hydrogens is 335 g/mol. The summed E-state index contributed by atoms with van der Waals surface area (Å²) in [5.41, 5.74) is 6.54. The number of nitrogens with zero attached hydrogens (tertiary/aromatic N) is 2. The molecule has 0 amide bonds. The summed E-state index contributed by atoms with van der Waals surface area (Å²) in [4.78, 5) is 0. The summed E-state index contributed by atoms with van der Waals surface area (Å²) >= 11 is 1.26. The molecule has 2 aromatic rings. The monoisotopic (exact) mass is 349 g/mol. The van der Waals surface area contributed by atoms with Crippen LogP contribution in [0, 0.1) is 11.6 Å². The van der Waals surface area contributed by atoms with E-state index in [1.54, 1.807) is 0 Å². The smallest absolute Gasteiger partial charge is 0.423 e. The molecule has 0 radical (unpaired) electrons. The van der Waals surface area contributed by atoms with Crippen LogP contribution in [0.25, 0.3) is 0 Å². The summed E-state index contributed by atoms with van der Waals surface area (Å²) in [5.74, 6) is -1.70. The molecular formula is C15H14BF2N3O2S. The second-order valence-electron chi connectivity index (χ2n) is 4.73. The van der Waals surface area contributed by atoms with Gasteiger partial charge in [0.05, 0.1) is 6.21 Å². The van der Waals surface area contributed by atoms with Gasteiger partial charge >= 0.3 is 7.12 Å². The van der Waals surface area contributed by atoms with Crippen LogP contribution in [-0.2, 0) is 5.75 Å². The second kappa shape index (κ2) is 8.58. The molecule has 0 spiro atoms.